The van der Waals surface area contributed by atoms with Crippen LogP contribution in [0.1, 0.15) is 24.8 Å². The molecule has 2 aromatic rings. The monoisotopic (exact) mass is 343 g/mol. The van der Waals surface area contributed by atoms with Crippen molar-refractivity contribution in [1.29, 1.82) is 0 Å². The van der Waals surface area contributed by atoms with E-state index in [1.54, 1.807) is 24.5 Å². The van der Waals surface area contributed by atoms with E-state index < -0.39 is 0 Å². The maximum Gasteiger partial charge on any atom is 0.224 e. The summed E-state index contributed by atoms with van der Waals surface area (Å²) in [5.41, 5.74) is 1.93. The lowest BCUT2D eigenvalue weighted by Crippen LogP contribution is -2.19. The van der Waals surface area contributed by atoms with E-state index in [1.807, 2.05) is 12.1 Å². The van der Waals surface area contributed by atoms with Gasteiger partial charge in [-0.05, 0) is 55.2 Å². The summed E-state index contributed by atoms with van der Waals surface area (Å²) in [7, 11) is 0. The molecule has 0 unspecified atom stereocenters. The van der Waals surface area contributed by atoms with E-state index in [0.29, 0.717) is 30.8 Å². The Morgan fingerprint density at radius 1 is 1.28 bits per heavy atom. The van der Waals surface area contributed by atoms with Crippen LogP contribution in [0, 0.1) is 5.82 Å². The van der Waals surface area contributed by atoms with Crippen molar-refractivity contribution in [1.82, 2.24) is 4.98 Å². The predicted octanol–water partition coefficient (Wildman–Crippen LogP) is 3.38. The topological polar surface area (TPSA) is 63.2 Å². The number of nitrogens with zero attached hydrogens (tertiary/aromatic N) is 1. The number of rotatable bonds is 7. The van der Waals surface area contributed by atoms with Crippen LogP contribution in [-0.2, 0) is 16.0 Å². The maximum atomic E-state index is 14.2. The molecule has 132 valence electrons. The van der Waals surface area contributed by atoms with Gasteiger partial charge in [0.05, 0.1) is 11.8 Å². The van der Waals surface area contributed by atoms with Crippen molar-refractivity contribution in [2.45, 2.75) is 31.8 Å². The minimum atomic E-state index is -0.384. The average molecular weight is 343 g/mol. The number of halogens is 1. The SMILES string of the molecule is O=C(CCc1ccncc1)Nc1ccc(NC[C@H]2CCCO2)c(F)c1. The number of carbonyl (C=O) groups is 1. The fourth-order valence-corrected chi connectivity index (χ4v) is 2.80. The van der Waals surface area contributed by atoms with Crippen molar-refractivity contribution in [3.05, 3.63) is 54.1 Å². The van der Waals surface area contributed by atoms with Crippen LogP contribution in [0.5, 0.6) is 0 Å². The minimum absolute atomic E-state index is 0.142. The van der Waals surface area contributed by atoms with Crippen molar-refractivity contribution in [2.24, 2.45) is 0 Å². The van der Waals surface area contributed by atoms with Crippen molar-refractivity contribution < 1.29 is 13.9 Å². The first-order valence-electron chi connectivity index (χ1n) is 8.54. The van der Waals surface area contributed by atoms with E-state index in [4.69, 9.17) is 4.74 Å². The summed E-state index contributed by atoms with van der Waals surface area (Å²) < 4.78 is 19.7. The number of amides is 1. The zero-order chi connectivity index (χ0) is 17.5. The summed E-state index contributed by atoms with van der Waals surface area (Å²) in [6, 6.07) is 8.43. The molecule has 5 nitrogen and oxygen atoms in total. The van der Waals surface area contributed by atoms with Gasteiger partial charge in [0.25, 0.3) is 0 Å². The van der Waals surface area contributed by atoms with Gasteiger partial charge in [-0.3, -0.25) is 9.78 Å². The smallest absolute Gasteiger partial charge is 0.224 e. The third-order valence-electron chi connectivity index (χ3n) is 4.19. The third kappa shape index (κ3) is 5.26. The number of aryl methyl sites for hydroxylation is 1. The number of carbonyl (C=O) groups excluding carboxylic acids is 1. The van der Waals surface area contributed by atoms with Crippen LogP contribution in [0.15, 0.2) is 42.7 Å². The van der Waals surface area contributed by atoms with Crippen LogP contribution in [0.4, 0.5) is 15.8 Å². The number of anilines is 2. The van der Waals surface area contributed by atoms with Gasteiger partial charge in [0.15, 0.2) is 0 Å². The molecule has 0 saturated carbocycles. The molecule has 1 fully saturated rings. The second kappa shape index (κ2) is 8.58. The van der Waals surface area contributed by atoms with E-state index in [0.717, 1.165) is 25.0 Å². The highest BCUT2D eigenvalue weighted by atomic mass is 19.1. The van der Waals surface area contributed by atoms with Crippen LogP contribution < -0.4 is 10.6 Å². The molecule has 0 bridgehead atoms. The first kappa shape index (κ1) is 17.4. The highest BCUT2D eigenvalue weighted by molar-refractivity contribution is 5.91. The van der Waals surface area contributed by atoms with E-state index in [2.05, 4.69) is 15.6 Å². The Balaban J connectivity index is 1.48. The van der Waals surface area contributed by atoms with Crippen LogP contribution >= 0.6 is 0 Å². The summed E-state index contributed by atoms with van der Waals surface area (Å²) in [5.74, 6) is -0.527. The molecule has 1 amide bonds. The number of benzene rings is 1. The van der Waals surface area contributed by atoms with Gasteiger partial charge in [0.2, 0.25) is 5.91 Å². The molecule has 1 atom stereocenters. The summed E-state index contributed by atoms with van der Waals surface area (Å²) in [4.78, 5) is 15.9. The zero-order valence-corrected chi connectivity index (χ0v) is 14.0. The number of hydrogen-bond donors (Lipinski definition) is 2. The lowest BCUT2D eigenvalue weighted by Gasteiger charge is -2.13. The number of aromatic nitrogens is 1. The van der Waals surface area contributed by atoms with Gasteiger partial charge in [-0.1, -0.05) is 0 Å². The third-order valence-corrected chi connectivity index (χ3v) is 4.19. The lowest BCUT2D eigenvalue weighted by molar-refractivity contribution is -0.116. The molecule has 1 aromatic carbocycles. The standard InChI is InChI=1S/C19H22FN3O2/c20-17-12-15(4-5-18(17)22-13-16-2-1-11-25-16)23-19(24)6-3-14-7-9-21-10-8-14/h4-5,7-10,12,16,22H,1-3,6,11,13H2,(H,23,24)/t16-/m1/s1. The highest BCUT2D eigenvalue weighted by Crippen LogP contribution is 2.20. The molecule has 0 spiro atoms. The fraction of sp³-hybridized carbons (Fsp3) is 0.368. The number of ether oxygens (including phenoxy) is 1. The Morgan fingerprint density at radius 2 is 2.12 bits per heavy atom. The molecule has 2 N–H and O–H groups in total. The van der Waals surface area contributed by atoms with Crippen LogP contribution in [0.25, 0.3) is 0 Å². The van der Waals surface area contributed by atoms with Crippen LogP contribution in [0.3, 0.4) is 0 Å². The molecule has 3 rings (SSSR count). The minimum Gasteiger partial charge on any atom is -0.380 e. The van der Waals surface area contributed by atoms with E-state index in [9.17, 15) is 9.18 Å². The molecule has 6 heteroatoms. The normalized spacial score (nSPS) is 16.6. The first-order chi connectivity index (χ1) is 12.2. The highest BCUT2D eigenvalue weighted by Gasteiger charge is 2.15. The summed E-state index contributed by atoms with van der Waals surface area (Å²) in [6.45, 7) is 1.37. The molecule has 1 saturated heterocycles. The molecule has 2 heterocycles. The van der Waals surface area contributed by atoms with Gasteiger partial charge in [0, 0.05) is 37.7 Å². The van der Waals surface area contributed by atoms with Gasteiger partial charge in [-0.2, -0.15) is 0 Å². The Bertz CT molecular complexity index is 703. The van der Waals surface area contributed by atoms with Crippen molar-refractivity contribution >= 4 is 17.3 Å². The van der Waals surface area contributed by atoms with Gasteiger partial charge >= 0.3 is 0 Å². The average Bonchev–Trinajstić information content (AvgIpc) is 3.14. The maximum absolute atomic E-state index is 14.2. The van der Waals surface area contributed by atoms with Gasteiger partial charge in [-0.15, -0.1) is 0 Å². The molecule has 0 aliphatic carbocycles. The van der Waals surface area contributed by atoms with E-state index in [-0.39, 0.29) is 17.8 Å². The zero-order valence-electron chi connectivity index (χ0n) is 14.0. The summed E-state index contributed by atoms with van der Waals surface area (Å²) in [5, 5.41) is 5.79. The fourth-order valence-electron chi connectivity index (χ4n) is 2.80. The molecule has 0 radical (unpaired) electrons. The Labute approximate surface area is 146 Å². The molecular formula is C19H22FN3O2. The van der Waals surface area contributed by atoms with E-state index >= 15 is 0 Å². The summed E-state index contributed by atoms with van der Waals surface area (Å²) in [6.07, 6.45) is 6.56. The van der Waals surface area contributed by atoms with Crippen molar-refractivity contribution in [3.8, 4) is 0 Å². The van der Waals surface area contributed by atoms with Gasteiger partial charge in [0.1, 0.15) is 5.82 Å². The quantitative estimate of drug-likeness (QED) is 0.809. The number of hydrogen-bond acceptors (Lipinski definition) is 4. The molecule has 1 aliphatic rings. The molecule has 25 heavy (non-hydrogen) atoms. The largest absolute Gasteiger partial charge is 0.380 e. The van der Waals surface area contributed by atoms with Crippen LogP contribution in [-0.4, -0.2) is 30.1 Å². The number of pyridine rings is 1. The van der Waals surface area contributed by atoms with Crippen molar-refractivity contribution in [2.75, 3.05) is 23.8 Å². The first-order valence-corrected chi connectivity index (χ1v) is 8.54. The Kier molecular flexibility index (Phi) is 5.95. The summed E-state index contributed by atoms with van der Waals surface area (Å²) >= 11 is 0. The molecular weight excluding hydrogens is 321 g/mol. The molecule has 1 aromatic heterocycles. The second-order valence-corrected chi connectivity index (χ2v) is 6.11. The predicted molar refractivity (Wildman–Crippen MR) is 95.1 cm³/mol. The Morgan fingerprint density at radius 3 is 2.84 bits per heavy atom. The Hall–Kier alpha value is -2.47. The van der Waals surface area contributed by atoms with Crippen molar-refractivity contribution in [3.63, 3.8) is 0 Å². The van der Waals surface area contributed by atoms with Crippen LogP contribution in [0.2, 0.25) is 0 Å². The lowest BCUT2D eigenvalue weighted by atomic mass is 10.1. The van der Waals surface area contributed by atoms with Gasteiger partial charge in [-0.25, -0.2) is 4.39 Å². The number of nitrogens with one attached hydrogen (secondary N) is 2. The molecule has 1 aliphatic heterocycles. The van der Waals surface area contributed by atoms with Gasteiger partial charge < -0.3 is 15.4 Å². The second-order valence-electron chi connectivity index (χ2n) is 6.11. The van der Waals surface area contributed by atoms with E-state index in [1.165, 1.54) is 6.07 Å².